The van der Waals surface area contributed by atoms with E-state index in [4.69, 9.17) is 5.11 Å². The topological polar surface area (TPSA) is 107 Å². The number of hydrogen-bond donors (Lipinski definition) is 4. The van der Waals surface area contributed by atoms with Gasteiger partial charge in [0, 0.05) is 6.20 Å². The summed E-state index contributed by atoms with van der Waals surface area (Å²) >= 11 is 0. The number of benzene rings is 1. The molecule has 98 valence electrons. The highest BCUT2D eigenvalue weighted by Crippen LogP contribution is 2.17. The highest BCUT2D eigenvalue weighted by molar-refractivity contribution is 6.04. The Hall–Kier alpha value is -2.90. The van der Waals surface area contributed by atoms with Crippen LogP contribution in [0.3, 0.4) is 0 Å². The number of anilines is 2. The number of rotatable bonds is 3. The van der Waals surface area contributed by atoms with Crippen molar-refractivity contribution in [1.82, 2.24) is 10.2 Å². The van der Waals surface area contributed by atoms with Gasteiger partial charge in [0.15, 0.2) is 0 Å². The van der Waals surface area contributed by atoms with Crippen LogP contribution in [0.5, 0.6) is 0 Å². The first-order valence-electron chi connectivity index (χ1n) is 5.16. The summed E-state index contributed by atoms with van der Waals surface area (Å²) < 4.78 is 13.1. The average molecular weight is 264 g/mol. The third-order valence-electron chi connectivity index (χ3n) is 2.22. The van der Waals surface area contributed by atoms with Crippen LogP contribution in [0.1, 0.15) is 10.4 Å². The SMILES string of the molecule is O=C(Nc1cn[nH]c1)Nc1cc(F)ccc1C(=O)O. The summed E-state index contributed by atoms with van der Waals surface area (Å²) in [5.74, 6) is -1.91. The smallest absolute Gasteiger partial charge is 0.337 e. The first-order valence-corrected chi connectivity index (χ1v) is 5.16. The maximum Gasteiger partial charge on any atom is 0.337 e. The average Bonchev–Trinajstić information content (AvgIpc) is 2.81. The minimum absolute atomic E-state index is 0.131. The van der Waals surface area contributed by atoms with Crippen molar-refractivity contribution in [1.29, 1.82) is 0 Å². The van der Waals surface area contributed by atoms with Gasteiger partial charge in [0.1, 0.15) is 5.82 Å². The lowest BCUT2D eigenvalue weighted by Gasteiger charge is -2.08. The van der Waals surface area contributed by atoms with Crippen LogP contribution in [-0.4, -0.2) is 27.3 Å². The van der Waals surface area contributed by atoms with Gasteiger partial charge in [-0.2, -0.15) is 5.10 Å². The predicted octanol–water partition coefficient (Wildman–Crippen LogP) is 1.89. The van der Waals surface area contributed by atoms with Gasteiger partial charge >= 0.3 is 12.0 Å². The number of amides is 2. The summed E-state index contributed by atoms with van der Waals surface area (Å²) in [5.41, 5.74) is 0.0583. The van der Waals surface area contributed by atoms with E-state index in [2.05, 4.69) is 20.8 Å². The summed E-state index contributed by atoms with van der Waals surface area (Å²) in [6, 6.07) is 2.31. The van der Waals surface area contributed by atoms with Gasteiger partial charge in [0.2, 0.25) is 0 Å². The van der Waals surface area contributed by atoms with Crippen LogP contribution in [0.2, 0.25) is 0 Å². The number of urea groups is 1. The van der Waals surface area contributed by atoms with Crippen LogP contribution in [0.4, 0.5) is 20.6 Å². The van der Waals surface area contributed by atoms with Crippen LogP contribution in [0, 0.1) is 5.82 Å². The van der Waals surface area contributed by atoms with Gasteiger partial charge in [-0.15, -0.1) is 0 Å². The third kappa shape index (κ3) is 3.06. The number of carboxylic acid groups (broad SMARTS) is 1. The Morgan fingerprint density at radius 1 is 1.32 bits per heavy atom. The Labute approximate surface area is 106 Å². The lowest BCUT2D eigenvalue weighted by atomic mass is 10.2. The zero-order valence-corrected chi connectivity index (χ0v) is 9.48. The number of aromatic carboxylic acids is 1. The molecule has 0 saturated carbocycles. The molecule has 2 amide bonds. The molecule has 4 N–H and O–H groups in total. The van der Waals surface area contributed by atoms with E-state index in [0.29, 0.717) is 5.69 Å². The van der Waals surface area contributed by atoms with Gasteiger partial charge in [-0.3, -0.25) is 5.10 Å². The lowest BCUT2D eigenvalue weighted by molar-refractivity contribution is 0.0698. The van der Waals surface area contributed by atoms with Crippen LogP contribution in [0.25, 0.3) is 0 Å². The minimum atomic E-state index is -1.27. The second kappa shape index (κ2) is 5.17. The number of H-pyrrole nitrogens is 1. The number of aromatic amines is 1. The fraction of sp³-hybridized carbons (Fsp3) is 0. The molecule has 2 rings (SSSR count). The van der Waals surface area contributed by atoms with Gasteiger partial charge in [-0.25, -0.2) is 14.0 Å². The molecule has 0 aliphatic rings. The van der Waals surface area contributed by atoms with Crippen molar-refractivity contribution in [3.63, 3.8) is 0 Å². The van der Waals surface area contributed by atoms with Gasteiger partial charge in [0.25, 0.3) is 0 Å². The molecular weight excluding hydrogens is 255 g/mol. The van der Waals surface area contributed by atoms with Crippen molar-refractivity contribution in [2.24, 2.45) is 0 Å². The number of halogens is 1. The predicted molar refractivity (Wildman–Crippen MR) is 64.6 cm³/mol. The molecule has 0 radical (unpaired) electrons. The Balaban J connectivity index is 2.16. The maximum absolute atomic E-state index is 13.1. The quantitative estimate of drug-likeness (QED) is 0.679. The zero-order valence-electron chi connectivity index (χ0n) is 9.48. The van der Waals surface area contributed by atoms with Crippen molar-refractivity contribution >= 4 is 23.4 Å². The Bertz CT molecular complexity index is 612. The van der Waals surface area contributed by atoms with E-state index in [0.717, 1.165) is 18.2 Å². The number of carbonyl (C=O) groups excluding carboxylic acids is 1. The van der Waals surface area contributed by atoms with Gasteiger partial charge in [-0.05, 0) is 18.2 Å². The Morgan fingerprint density at radius 2 is 2.11 bits per heavy atom. The number of nitrogens with one attached hydrogen (secondary N) is 3. The van der Waals surface area contributed by atoms with Crippen molar-refractivity contribution in [3.8, 4) is 0 Å². The van der Waals surface area contributed by atoms with Crippen LogP contribution in [0.15, 0.2) is 30.6 Å². The molecule has 7 nitrogen and oxygen atoms in total. The molecule has 2 aromatic rings. The molecule has 0 saturated heterocycles. The van der Waals surface area contributed by atoms with Crippen molar-refractivity contribution < 1.29 is 19.1 Å². The summed E-state index contributed by atoms with van der Waals surface area (Å²) in [6.07, 6.45) is 2.80. The van der Waals surface area contributed by atoms with Gasteiger partial charge < -0.3 is 15.7 Å². The largest absolute Gasteiger partial charge is 0.478 e. The molecule has 0 unspecified atom stereocenters. The summed E-state index contributed by atoms with van der Waals surface area (Å²) in [6.45, 7) is 0. The molecule has 19 heavy (non-hydrogen) atoms. The summed E-state index contributed by atoms with van der Waals surface area (Å²) in [5, 5.41) is 19.7. The monoisotopic (exact) mass is 264 g/mol. The molecular formula is C11H9FN4O3. The van der Waals surface area contributed by atoms with Crippen molar-refractivity contribution in [2.45, 2.75) is 0 Å². The van der Waals surface area contributed by atoms with Crippen LogP contribution < -0.4 is 10.6 Å². The fourth-order valence-corrected chi connectivity index (χ4v) is 1.41. The van der Waals surface area contributed by atoms with E-state index in [-0.39, 0.29) is 11.3 Å². The highest BCUT2D eigenvalue weighted by atomic mass is 19.1. The molecule has 0 aliphatic carbocycles. The van der Waals surface area contributed by atoms with E-state index in [1.807, 2.05) is 0 Å². The highest BCUT2D eigenvalue weighted by Gasteiger charge is 2.13. The molecule has 0 aliphatic heterocycles. The van der Waals surface area contributed by atoms with Crippen LogP contribution >= 0.6 is 0 Å². The lowest BCUT2D eigenvalue weighted by Crippen LogP contribution is -2.20. The third-order valence-corrected chi connectivity index (χ3v) is 2.22. The molecule has 0 spiro atoms. The van der Waals surface area contributed by atoms with E-state index < -0.39 is 17.8 Å². The van der Waals surface area contributed by atoms with E-state index >= 15 is 0 Å². The Morgan fingerprint density at radius 3 is 2.74 bits per heavy atom. The van der Waals surface area contributed by atoms with Gasteiger partial charge in [0.05, 0.1) is 23.1 Å². The normalized spacial score (nSPS) is 9.95. The Kier molecular flexibility index (Phi) is 3.42. The fourth-order valence-electron chi connectivity index (χ4n) is 1.41. The second-order valence-corrected chi connectivity index (χ2v) is 3.56. The molecule has 0 atom stereocenters. The van der Waals surface area contributed by atoms with E-state index in [1.54, 1.807) is 0 Å². The molecule has 1 aromatic heterocycles. The number of carboxylic acids is 1. The van der Waals surface area contributed by atoms with E-state index in [1.165, 1.54) is 12.4 Å². The number of nitrogens with zero attached hydrogens (tertiary/aromatic N) is 1. The first kappa shape index (κ1) is 12.6. The molecule has 0 fully saturated rings. The van der Waals surface area contributed by atoms with Crippen LogP contribution in [-0.2, 0) is 0 Å². The minimum Gasteiger partial charge on any atom is -0.478 e. The molecule has 8 heteroatoms. The first-order chi connectivity index (χ1) is 9.06. The van der Waals surface area contributed by atoms with Gasteiger partial charge in [-0.1, -0.05) is 0 Å². The number of aromatic nitrogens is 2. The van der Waals surface area contributed by atoms with E-state index in [9.17, 15) is 14.0 Å². The molecule has 1 heterocycles. The van der Waals surface area contributed by atoms with Crippen molar-refractivity contribution in [2.75, 3.05) is 10.6 Å². The summed E-state index contributed by atoms with van der Waals surface area (Å²) in [4.78, 5) is 22.5. The standard InChI is InChI=1S/C11H9FN4O3/c12-6-1-2-8(10(17)18)9(3-6)16-11(19)15-7-4-13-14-5-7/h1-5H,(H,13,14)(H,17,18)(H2,15,16,19). The zero-order chi connectivity index (χ0) is 13.8. The van der Waals surface area contributed by atoms with Crippen molar-refractivity contribution in [3.05, 3.63) is 42.0 Å². The summed E-state index contributed by atoms with van der Waals surface area (Å²) in [7, 11) is 0. The molecule has 0 bridgehead atoms. The number of hydrogen-bond acceptors (Lipinski definition) is 3. The molecule has 1 aromatic carbocycles. The maximum atomic E-state index is 13.1. The number of carbonyl (C=O) groups is 2. The second-order valence-electron chi connectivity index (χ2n) is 3.56.